The van der Waals surface area contributed by atoms with Gasteiger partial charge in [0.2, 0.25) is 0 Å². The number of ether oxygens (including phenoxy) is 1. The van der Waals surface area contributed by atoms with Crippen molar-refractivity contribution in [3.63, 3.8) is 0 Å². The van der Waals surface area contributed by atoms with Crippen LogP contribution in [0.2, 0.25) is 0 Å². The van der Waals surface area contributed by atoms with Gasteiger partial charge < -0.3 is 19.5 Å². The number of nitrogens with one attached hydrogen (secondary N) is 1. The molecule has 1 N–H and O–H groups in total. The third-order valence-electron chi connectivity index (χ3n) is 3.55. The van der Waals surface area contributed by atoms with Gasteiger partial charge in [0, 0.05) is 45.2 Å². The summed E-state index contributed by atoms with van der Waals surface area (Å²) in [7, 11) is 3.95. The Balaban J connectivity index is 1.67. The van der Waals surface area contributed by atoms with Gasteiger partial charge in [0.05, 0.1) is 12.9 Å². The number of hydrogen-bond donors (Lipinski definition) is 1. The summed E-state index contributed by atoms with van der Waals surface area (Å²) in [4.78, 5) is 12.1. The maximum Gasteiger partial charge on any atom is 0.0922 e. The van der Waals surface area contributed by atoms with E-state index in [1.54, 1.807) is 13.4 Å². The highest BCUT2D eigenvalue weighted by atomic mass is 16.5. The Labute approximate surface area is 109 Å². The first-order chi connectivity index (χ1) is 8.78. The average Bonchev–Trinajstić information content (AvgIpc) is 2.98. The molecule has 5 heteroatoms. The zero-order valence-corrected chi connectivity index (χ0v) is 11.4. The second-order valence-corrected chi connectivity index (χ2v) is 5.22. The van der Waals surface area contributed by atoms with Crippen molar-refractivity contribution in [3.05, 3.63) is 18.2 Å². The van der Waals surface area contributed by atoms with Crippen molar-refractivity contribution < 1.29 is 4.74 Å². The van der Waals surface area contributed by atoms with Crippen LogP contribution in [0.4, 0.5) is 0 Å². The smallest absolute Gasteiger partial charge is 0.0922 e. The normalized spacial score (nSPS) is 20.9. The van der Waals surface area contributed by atoms with E-state index in [9.17, 15) is 0 Å². The van der Waals surface area contributed by atoms with Gasteiger partial charge in [-0.1, -0.05) is 0 Å². The largest absolute Gasteiger partial charge is 0.383 e. The molecular formula is C13H24N4O. The van der Waals surface area contributed by atoms with Crippen LogP contribution in [0.5, 0.6) is 0 Å². The molecule has 5 nitrogen and oxygen atoms in total. The Morgan fingerprint density at radius 1 is 1.61 bits per heavy atom. The van der Waals surface area contributed by atoms with Crippen LogP contribution in [0.25, 0.3) is 0 Å². The highest BCUT2D eigenvalue weighted by Crippen LogP contribution is 2.17. The fourth-order valence-electron chi connectivity index (χ4n) is 2.65. The molecule has 0 saturated carbocycles. The Kier molecular flexibility index (Phi) is 5.16. The molecular weight excluding hydrogens is 228 g/mol. The van der Waals surface area contributed by atoms with Crippen LogP contribution in [0.3, 0.4) is 0 Å². The Bertz CT molecular complexity index is 328. The third kappa shape index (κ3) is 4.08. The molecule has 2 rings (SSSR count). The number of rotatable bonds is 7. The molecule has 0 radical (unpaired) electrons. The molecule has 1 aliphatic rings. The fourth-order valence-corrected chi connectivity index (χ4v) is 2.65. The van der Waals surface area contributed by atoms with E-state index in [4.69, 9.17) is 4.74 Å². The quantitative estimate of drug-likeness (QED) is 0.780. The van der Waals surface area contributed by atoms with E-state index >= 15 is 0 Å². The predicted molar refractivity (Wildman–Crippen MR) is 71.3 cm³/mol. The lowest BCUT2D eigenvalue weighted by atomic mass is 10.1. The van der Waals surface area contributed by atoms with Crippen LogP contribution >= 0.6 is 0 Å². The lowest BCUT2D eigenvalue weighted by molar-refractivity contribution is 0.157. The van der Waals surface area contributed by atoms with Gasteiger partial charge in [-0.2, -0.15) is 0 Å². The summed E-state index contributed by atoms with van der Waals surface area (Å²) in [6.45, 7) is 6.44. The number of methoxy groups -OCH3 is 1. The molecule has 0 aromatic carbocycles. The number of aromatic nitrogens is 2. The first-order valence-corrected chi connectivity index (χ1v) is 6.65. The van der Waals surface area contributed by atoms with E-state index in [2.05, 4.69) is 26.8 Å². The monoisotopic (exact) mass is 252 g/mol. The Morgan fingerprint density at radius 3 is 3.22 bits per heavy atom. The van der Waals surface area contributed by atoms with Crippen molar-refractivity contribution in [1.29, 1.82) is 0 Å². The van der Waals surface area contributed by atoms with Crippen molar-refractivity contribution in [2.45, 2.75) is 13.0 Å². The Morgan fingerprint density at radius 2 is 2.50 bits per heavy atom. The van der Waals surface area contributed by atoms with Crippen molar-refractivity contribution in [1.82, 2.24) is 19.8 Å². The molecule has 0 unspecified atom stereocenters. The topological polar surface area (TPSA) is 44.4 Å². The van der Waals surface area contributed by atoms with Crippen LogP contribution in [0.15, 0.2) is 12.5 Å². The van der Waals surface area contributed by atoms with Gasteiger partial charge in [0.15, 0.2) is 0 Å². The SMILES string of the molecule is COCCN1CC[C@H](CN(C)Cc2cnc[nH]2)C1. The van der Waals surface area contributed by atoms with E-state index < -0.39 is 0 Å². The highest BCUT2D eigenvalue weighted by Gasteiger charge is 2.23. The molecule has 0 bridgehead atoms. The van der Waals surface area contributed by atoms with Crippen LogP contribution in [0.1, 0.15) is 12.1 Å². The van der Waals surface area contributed by atoms with E-state index in [-0.39, 0.29) is 0 Å². The van der Waals surface area contributed by atoms with Crippen molar-refractivity contribution >= 4 is 0 Å². The average molecular weight is 252 g/mol. The standard InChI is InChI=1S/C13H24N4O/c1-16(10-13-7-14-11-15-13)8-12-3-4-17(9-12)5-6-18-2/h7,11-12H,3-6,8-10H2,1-2H3,(H,14,15)/t12-/m1/s1. The fraction of sp³-hybridized carbons (Fsp3) is 0.769. The van der Waals surface area contributed by atoms with Gasteiger partial charge >= 0.3 is 0 Å². The first kappa shape index (κ1) is 13.5. The number of aromatic amines is 1. The van der Waals surface area contributed by atoms with Gasteiger partial charge in [-0.05, 0) is 25.9 Å². The van der Waals surface area contributed by atoms with Crippen LogP contribution in [-0.2, 0) is 11.3 Å². The minimum atomic E-state index is 0.787. The number of likely N-dealkylation sites (tertiary alicyclic amines) is 1. The molecule has 0 aliphatic carbocycles. The molecule has 1 aromatic rings. The molecule has 1 aliphatic heterocycles. The summed E-state index contributed by atoms with van der Waals surface area (Å²) < 4.78 is 5.13. The van der Waals surface area contributed by atoms with Gasteiger partial charge in [-0.25, -0.2) is 4.98 Å². The summed E-state index contributed by atoms with van der Waals surface area (Å²) >= 11 is 0. The van der Waals surface area contributed by atoms with E-state index in [1.165, 1.54) is 25.2 Å². The maximum absolute atomic E-state index is 5.13. The molecule has 1 atom stereocenters. The molecule has 1 saturated heterocycles. The predicted octanol–water partition coefficient (Wildman–Crippen LogP) is 0.810. The summed E-state index contributed by atoms with van der Waals surface area (Å²) in [5.41, 5.74) is 1.19. The van der Waals surface area contributed by atoms with E-state index in [0.29, 0.717) is 0 Å². The van der Waals surface area contributed by atoms with Crippen LogP contribution in [0, 0.1) is 5.92 Å². The zero-order valence-electron chi connectivity index (χ0n) is 11.4. The molecule has 0 amide bonds. The zero-order chi connectivity index (χ0) is 12.8. The number of H-pyrrole nitrogens is 1. The summed E-state index contributed by atoms with van der Waals surface area (Å²) in [6, 6.07) is 0. The van der Waals surface area contributed by atoms with Crippen molar-refractivity contribution in [2.75, 3.05) is 46.9 Å². The lowest BCUT2D eigenvalue weighted by Crippen LogP contribution is -2.29. The molecule has 2 heterocycles. The number of nitrogens with zero attached hydrogens (tertiary/aromatic N) is 3. The third-order valence-corrected chi connectivity index (χ3v) is 3.55. The maximum atomic E-state index is 5.13. The van der Waals surface area contributed by atoms with Gasteiger partial charge in [0.25, 0.3) is 0 Å². The minimum Gasteiger partial charge on any atom is -0.383 e. The van der Waals surface area contributed by atoms with E-state index in [0.717, 1.165) is 32.2 Å². The highest BCUT2D eigenvalue weighted by molar-refractivity contribution is 4.93. The van der Waals surface area contributed by atoms with E-state index in [1.807, 2.05) is 6.20 Å². The lowest BCUT2D eigenvalue weighted by Gasteiger charge is -2.20. The Hall–Kier alpha value is -0.910. The molecule has 0 spiro atoms. The number of hydrogen-bond acceptors (Lipinski definition) is 4. The van der Waals surface area contributed by atoms with Crippen LogP contribution in [-0.4, -0.2) is 66.7 Å². The summed E-state index contributed by atoms with van der Waals surface area (Å²) in [5, 5.41) is 0. The summed E-state index contributed by atoms with van der Waals surface area (Å²) in [6.07, 6.45) is 4.94. The van der Waals surface area contributed by atoms with Crippen molar-refractivity contribution in [2.24, 2.45) is 5.92 Å². The van der Waals surface area contributed by atoms with Crippen LogP contribution < -0.4 is 0 Å². The second-order valence-electron chi connectivity index (χ2n) is 5.22. The number of imidazole rings is 1. The molecule has 1 aromatic heterocycles. The van der Waals surface area contributed by atoms with Gasteiger partial charge in [-0.3, -0.25) is 0 Å². The van der Waals surface area contributed by atoms with Crippen molar-refractivity contribution in [3.8, 4) is 0 Å². The molecule has 18 heavy (non-hydrogen) atoms. The van der Waals surface area contributed by atoms with Gasteiger partial charge in [0.1, 0.15) is 0 Å². The first-order valence-electron chi connectivity index (χ1n) is 6.65. The minimum absolute atomic E-state index is 0.787. The summed E-state index contributed by atoms with van der Waals surface area (Å²) in [5.74, 6) is 0.787. The second kappa shape index (κ2) is 6.87. The molecule has 102 valence electrons. The molecule has 1 fully saturated rings. The van der Waals surface area contributed by atoms with Gasteiger partial charge in [-0.15, -0.1) is 0 Å².